The average Bonchev–Trinajstić information content (AvgIpc) is 2.46. The highest BCUT2D eigenvalue weighted by atomic mass is 32.1. The van der Waals surface area contributed by atoms with Gasteiger partial charge in [0, 0.05) is 5.69 Å². The number of ether oxygens (including phenoxy) is 1. The van der Waals surface area contributed by atoms with Gasteiger partial charge in [0.2, 0.25) is 0 Å². The summed E-state index contributed by atoms with van der Waals surface area (Å²) in [7, 11) is 0. The summed E-state index contributed by atoms with van der Waals surface area (Å²) in [6.45, 7) is 4.46. The lowest BCUT2D eigenvalue weighted by Crippen LogP contribution is -2.39. The van der Waals surface area contributed by atoms with Crippen molar-refractivity contribution in [3.05, 3.63) is 59.9 Å². The minimum absolute atomic E-state index is 0.0214. The van der Waals surface area contributed by atoms with E-state index in [1.165, 1.54) is 12.1 Å². The van der Waals surface area contributed by atoms with Crippen LogP contribution in [0, 0.1) is 12.7 Å². The van der Waals surface area contributed by atoms with Crippen molar-refractivity contribution in [1.82, 2.24) is 5.32 Å². The molecule has 0 aliphatic heterocycles. The predicted molar refractivity (Wildman–Crippen MR) is 91.9 cm³/mol. The van der Waals surface area contributed by atoms with Crippen molar-refractivity contribution < 1.29 is 9.13 Å². The first-order chi connectivity index (χ1) is 10.5. The Morgan fingerprint density at radius 1 is 1.23 bits per heavy atom. The highest BCUT2D eigenvalue weighted by molar-refractivity contribution is 7.80. The smallest absolute Gasteiger partial charge is 0.171 e. The van der Waals surface area contributed by atoms with Crippen molar-refractivity contribution in [2.75, 3.05) is 11.9 Å². The molecule has 0 saturated heterocycles. The van der Waals surface area contributed by atoms with Crippen LogP contribution in [0.5, 0.6) is 5.75 Å². The number of rotatable bonds is 5. The third kappa shape index (κ3) is 5.00. The molecule has 0 spiro atoms. The van der Waals surface area contributed by atoms with Crippen LogP contribution >= 0.6 is 12.2 Å². The molecule has 0 aliphatic rings. The van der Waals surface area contributed by atoms with E-state index in [-0.39, 0.29) is 11.9 Å². The second-order valence-corrected chi connectivity index (χ2v) is 5.49. The van der Waals surface area contributed by atoms with Gasteiger partial charge in [0.25, 0.3) is 0 Å². The zero-order valence-electron chi connectivity index (χ0n) is 12.6. The maximum atomic E-state index is 13.1. The van der Waals surface area contributed by atoms with E-state index in [0.717, 1.165) is 11.3 Å². The Bertz CT molecular complexity index is 648. The molecule has 2 N–H and O–H groups in total. The summed E-state index contributed by atoms with van der Waals surface area (Å²) in [5.41, 5.74) is 1.71. The third-order valence-corrected chi connectivity index (χ3v) is 3.26. The molecular formula is C17H19FN2OS. The van der Waals surface area contributed by atoms with Crippen LogP contribution in [0.4, 0.5) is 10.1 Å². The summed E-state index contributed by atoms with van der Waals surface area (Å²) < 4.78 is 18.9. The number of nitrogens with one attached hydrogen (secondary N) is 2. The predicted octanol–water partition coefficient (Wildman–Crippen LogP) is 3.89. The molecule has 0 heterocycles. The highest BCUT2D eigenvalue weighted by Crippen LogP contribution is 2.16. The first-order valence-corrected chi connectivity index (χ1v) is 7.47. The average molecular weight is 318 g/mol. The lowest BCUT2D eigenvalue weighted by atomic mass is 10.2. The number of anilines is 1. The van der Waals surface area contributed by atoms with Gasteiger partial charge in [-0.1, -0.05) is 24.3 Å². The quantitative estimate of drug-likeness (QED) is 0.820. The van der Waals surface area contributed by atoms with Crippen molar-refractivity contribution in [1.29, 1.82) is 0 Å². The van der Waals surface area contributed by atoms with E-state index in [0.29, 0.717) is 17.4 Å². The number of thiocarbonyl (C=S) groups is 1. The van der Waals surface area contributed by atoms with E-state index >= 15 is 0 Å². The fourth-order valence-corrected chi connectivity index (χ4v) is 2.25. The number of aryl methyl sites for hydroxylation is 1. The number of hydrogen-bond donors (Lipinski definition) is 2. The molecule has 2 rings (SSSR count). The molecule has 0 amide bonds. The summed E-state index contributed by atoms with van der Waals surface area (Å²) in [5, 5.41) is 6.49. The molecule has 2 aromatic rings. The molecule has 5 heteroatoms. The summed E-state index contributed by atoms with van der Waals surface area (Å²) >= 11 is 5.21. The molecule has 0 saturated carbocycles. The fraction of sp³-hybridized carbons (Fsp3) is 0.235. The van der Waals surface area contributed by atoms with Crippen molar-refractivity contribution in [3.63, 3.8) is 0 Å². The van der Waals surface area contributed by atoms with Gasteiger partial charge in [-0.25, -0.2) is 4.39 Å². The standard InChI is InChI=1S/C17H19FN2OS/c1-12-6-3-4-9-16(12)21-11-13(2)19-17(22)20-15-8-5-7-14(18)10-15/h3-10,13H,11H2,1-2H3,(H2,19,20,22). The monoisotopic (exact) mass is 318 g/mol. The number of para-hydroxylation sites is 1. The van der Waals surface area contributed by atoms with Gasteiger partial charge < -0.3 is 15.4 Å². The molecule has 0 aliphatic carbocycles. The highest BCUT2D eigenvalue weighted by Gasteiger charge is 2.07. The Hall–Kier alpha value is -2.14. The van der Waals surface area contributed by atoms with Crippen LogP contribution in [0.25, 0.3) is 0 Å². The Morgan fingerprint density at radius 2 is 2.00 bits per heavy atom. The van der Waals surface area contributed by atoms with Crippen LogP contribution in [-0.4, -0.2) is 17.8 Å². The molecule has 3 nitrogen and oxygen atoms in total. The minimum atomic E-state index is -0.302. The topological polar surface area (TPSA) is 33.3 Å². The third-order valence-electron chi connectivity index (χ3n) is 3.04. The second kappa shape index (κ2) is 7.75. The van der Waals surface area contributed by atoms with Crippen LogP contribution in [0.15, 0.2) is 48.5 Å². The molecule has 22 heavy (non-hydrogen) atoms. The lowest BCUT2D eigenvalue weighted by molar-refractivity contribution is 0.285. The SMILES string of the molecule is Cc1ccccc1OCC(C)NC(=S)Nc1cccc(F)c1. The molecular weight excluding hydrogens is 299 g/mol. The van der Waals surface area contributed by atoms with E-state index in [2.05, 4.69) is 10.6 Å². The number of benzene rings is 2. The first-order valence-electron chi connectivity index (χ1n) is 7.06. The zero-order chi connectivity index (χ0) is 15.9. The zero-order valence-corrected chi connectivity index (χ0v) is 13.4. The van der Waals surface area contributed by atoms with Gasteiger partial charge >= 0.3 is 0 Å². The Labute approximate surface area is 135 Å². The molecule has 2 aromatic carbocycles. The molecule has 116 valence electrons. The summed E-state index contributed by atoms with van der Waals surface area (Å²) in [5.74, 6) is 0.559. The maximum Gasteiger partial charge on any atom is 0.171 e. The van der Waals surface area contributed by atoms with E-state index in [1.54, 1.807) is 12.1 Å². The second-order valence-electron chi connectivity index (χ2n) is 5.09. The molecule has 1 atom stereocenters. The van der Waals surface area contributed by atoms with Crippen molar-refractivity contribution >= 4 is 23.0 Å². The van der Waals surface area contributed by atoms with Crippen molar-refractivity contribution in [2.24, 2.45) is 0 Å². The normalized spacial score (nSPS) is 11.6. The molecule has 0 radical (unpaired) electrons. The van der Waals surface area contributed by atoms with Crippen molar-refractivity contribution in [3.8, 4) is 5.75 Å². The first kappa shape index (κ1) is 16.2. The van der Waals surface area contributed by atoms with Crippen LogP contribution < -0.4 is 15.4 Å². The summed E-state index contributed by atoms with van der Waals surface area (Å²) in [4.78, 5) is 0. The Balaban J connectivity index is 1.80. The summed E-state index contributed by atoms with van der Waals surface area (Å²) in [6.07, 6.45) is 0. The Kier molecular flexibility index (Phi) is 5.72. The van der Waals surface area contributed by atoms with Crippen LogP contribution in [0.1, 0.15) is 12.5 Å². The summed E-state index contributed by atoms with van der Waals surface area (Å²) in [6, 6.07) is 14.0. The number of hydrogen-bond acceptors (Lipinski definition) is 2. The van der Waals surface area contributed by atoms with Gasteiger partial charge in [-0.3, -0.25) is 0 Å². The van der Waals surface area contributed by atoms with Crippen molar-refractivity contribution in [2.45, 2.75) is 19.9 Å². The van der Waals surface area contributed by atoms with Gasteiger partial charge in [0.05, 0.1) is 6.04 Å². The molecule has 0 aromatic heterocycles. The molecule has 0 fully saturated rings. The minimum Gasteiger partial charge on any atom is -0.491 e. The molecule has 0 bridgehead atoms. The van der Waals surface area contributed by atoms with E-state index < -0.39 is 0 Å². The molecule has 1 unspecified atom stereocenters. The van der Waals surface area contributed by atoms with Gasteiger partial charge in [-0.15, -0.1) is 0 Å². The largest absolute Gasteiger partial charge is 0.491 e. The maximum absolute atomic E-state index is 13.1. The number of halogens is 1. The van der Waals surface area contributed by atoms with Gasteiger partial charge in [0.1, 0.15) is 18.2 Å². The van der Waals surface area contributed by atoms with Gasteiger partial charge in [-0.2, -0.15) is 0 Å². The van der Waals surface area contributed by atoms with Gasteiger partial charge in [0.15, 0.2) is 5.11 Å². The lowest BCUT2D eigenvalue weighted by Gasteiger charge is -2.18. The van der Waals surface area contributed by atoms with Crippen LogP contribution in [0.2, 0.25) is 0 Å². The van der Waals surface area contributed by atoms with E-state index in [9.17, 15) is 4.39 Å². The fourth-order valence-electron chi connectivity index (χ4n) is 1.93. The Morgan fingerprint density at radius 3 is 2.73 bits per heavy atom. The van der Waals surface area contributed by atoms with Crippen LogP contribution in [-0.2, 0) is 0 Å². The van der Waals surface area contributed by atoms with E-state index in [4.69, 9.17) is 17.0 Å². The van der Waals surface area contributed by atoms with Gasteiger partial charge in [-0.05, 0) is 55.9 Å². The van der Waals surface area contributed by atoms with E-state index in [1.807, 2.05) is 38.1 Å². The van der Waals surface area contributed by atoms with Crippen LogP contribution in [0.3, 0.4) is 0 Å².